The van der Waals surface area contributed by atoms with E-state index in [0.717, 1.165) is 44.0 Å². The van der Waals surface area contributed by atoms with Crippen LogP contribution < -0.4 is 10.6 Å². The first-order valence-electron chi connectivity index (χ1n) is 6.53. The standard InChI is InChI=1S/C13H16FN3O3/c14-10-6-9(7-12(8-10)17(19)20)13(18)16-5-3-11-2-1-4-15-11/h6-8,11,15H,1-5H2,(H,16,18). The summed E-state index contributed by atoms with van der Waals surface area (Å²) in [6.45, 7) is 1.45. The van der Waals surface area contributed by atoms with Gasteiger partial charge in [-0.15, -0.1) is 0 Å². The predicted octanol–water partition coefficient (Wildman–Crippen LogP) is 1.61. The number of benzene rings is 1. The molecule has 1 amide bonds. The third-order valence-corrected chi connectivity index (χ3v) is 3.30. The molecule has 6 nitrogen and oxygen atoms in total. The first-order chi connectivity index (χ1) is 9.56. The van der Waals surface area contributed by atoms with Crippen LogP contribution >= 0.6 is 0 Å². The lowest BCUT2D eigenvalue weighted by Gasteiger charge is -2.10. The highest BCUT2D eigenvalue weighted by Crippen LogP contribution is 2.16. The van der Waals surface area contributed by atoms with Crippen molar-refractivity contribution < 1.29 is 14.1 Å². The minimum Gasteiger partial charge on any atom is -0.352 e. The van der Waals surface area contributed by atoms with Crippen LogP contribution in [0.5, 0.6) is 0 Å². The van der Waals surface area contributed by atoms with Gasteiger partial charge in [0.2, 0.25) is 0 Å². The Morgan fingerprint density at radius 2 is 2.30 bits per heavy atom. The second kappa shape index (κ2) is 6.42. The zero-order chi connectivity index (χ0) is 14.5. The second-order valence-corrected chi connectivity index (χ2v) is 4.79. The molecule has 1 unspecified atom stereocenters. The lowest BCUT2D eigenvalue weighted by molar-refractivity contribution is -0.385. The summed E-state index contributed by atoms with van der Waals surface area (Å²) >= 11 is 0. The molecule has 2 rings (SSSR count). The molecule has 0 bridgehead atoms. The number of rotatable bonds is 5. The number of carbonyl (C=O) groups is 1. The van der Waals surface area contributed by atoms with Crippen molar-refractivity contribution in [3.05, 3.63) is 39.7 Å². The largest absolute Gasteiger partial charge is 0.352 e. The van der Waals surface area contributed by atoms with E-state index in [9.17, 15) is 19.3 Å². The lowest BCUT2D eigenvalue weighted by Crippen LogP contribution is -2.30. The Balaban J connectivity index is 1.92. The van der Waals surface area contributed by atoms with Gasteiger partial charge < -0.3 is 10.6 Å². The number of nitro groups is 1. The third-order valence-electron chi connectivity index (χ3n) is 3.30. The fraction of sp³-hybridized carbons (Fsp3) is 0.462. The number of halogens is 1. The van der Waals surface area contributed by atoms with Crippen molar-refractivity contribution in [3.8, 4) is 0 Å². The highest BCUT2D eigenvalue weighted by molar-refractivity contribution is 5.94. The molecule has 0 aliphatic carbocycles. The van der Waals surface area contributed by atoms with E-state index in [1.54, 1.807) is 0 Å². The van der Waals surface area contributed by atoms with Gasteiger partial charge in [-0.1, -0.05) is 0 Å². The zero-order valence-corrected chi connectivity index (χ0v) is 10.9. The van der Waals surface area contributed by atoms with Crippen molar-refractivity contribution in [2.45, 2.75) is 25.3 Å². The molecule has 1 aromatic rings. The summed E-state index contributed by atoms with van der Waals surface area (Å²) in [5, 5.41) is 16.6. The SMILES string of the molecule is O=C(NCCC1CCCN1)c1cc(F)cc([N+](=O)[O-])c1. The molecular weight excluding hydrogens is 265 g/mol. The summed E-state index contributed by atoms with van der Waals surface area (Å²) in [7, 11) is 0. The number of nitro benzene ring substituents is 1. The number of amides is 1. The van der Waals surface area contributed by atoms with E-state index in [1.165, 1.54) is 0 Å². The van der Waals surface area contributed by atoms with Crippen molar-refractivity contribution in [1.29, 1.82) is 0 Å². The van der Waals surface area contributed by atoms with Crippen LogP contribution in [0.25, 0.3) is 0 Å². The lowest BCUT2D eigenvalue weighted by atomic mass is 10.1. The Morgan fingerprint density at radius 1 is 1.50 bits per heavy atom. The van der Waals surface area contributed by atoms with Crippen LogP contribution in [-0.4, -0.2) is 30.0 Å². The fourth-order valence-electron chi connectivity index (χ4n) is 2.28. The smallest absolute Gasteiger partial charge is 0.273 e. The van der Waals surface area contributed by atoms with E-state index in [0.29, 0.717) is 12.6 Å². The molecule has 0 spiro atoms. The highest BCUT2D eigenvalue weighted by Gasteiger charge is 2.16. The molecule has 7 heteroatoms. The summed E-state index contributed by atoms with van der Waals surface area (Å²) < 4.78 is 13.2. The molecule has 1 aromatic carbocycles. The molecule has 0 aromatic heterocycles. The minimum absolute atomic E-state index is 0.0314. The molecule has 1 aliphatic heterocycles. The fourth-order valence-corrected chi connectivity index (χ4v) is 2.28. The number of hydrogen-bond donors (Lipinski definition) is 2. The normalized spacial score (nSPS) is 17.9. The minimum atomic E-state index is -0.790. The van der Waals surface area contributed by atoms with E-state index in [2.05, 4.69) is 10.6 Å². The molecule has 1 atom stereocenters. The average molecular weight is 281 g/mol. The predicted molar refractivity (Wildman–Crippen MR) is 71.0 cm³/mol. The van der Waals surface area contributed by atoms with Crippen LogP contribution in [0.1, 0.15) is 29.6 Å². The van der Waals surface area contributed by atoms with Gasteiger partial charge in [-0.05, 0) is 31.9 Å². The van der Waals surface area contributed by atoms with E-state index < -0.39 is 22.3 Å². The van der Waals surface area contributed by atoms with Gasteiger partial charge in [0.05, 0.1) is 11.0 Å². The number of nitrogens with one attached hydrogen (secondary N) is 2. The molecule has 1 heterocycles. The van der Waals surface area contributed by atoms with Crippen LogP contribution in [0, 0.1) is 15.9 Å². The van der Waals surface area contributed by atoms with Crippen molar-refractivity contribution in [2.24, 2.45) is 0 Å². The van der Waals surface area contributed by atoms with Crippen molar-refractivity contribution in [2.75, 3.05) is 13.1 Å². The number of non-ortho nitro benzene ring substituents is 1. The second-order valence-electron chi connectivity index (χ2n) is 4.79. The van der Waals surface area contributed by atoms with Gasteiger partial charge in [-0.2, -0.15) is 0 Å². The zero-order valence-electron chi connectivity index (χ0n) is 10.9. The quantitative estimate of drug-likeness (QED) is 0.634. The molecule has 1 aliphatic rings. The Hall–Kier alpha value is -2.02. The van der Waals surface area contributed by atoms with Gasteiger partial charge in [0.1, 0.15) is 5.82 Å². The van der Waals surface area contributed by atoms with Crippen molar-refractivity contribution in [3.63, 3.8) is 0 Å². The molecule has 108 valence electrons. The first-order valence-corrected chi connectivity index (χ1v) is 6.53. The van der Waals surface area contributed by atoms with Gasteiger partial charge in [0.15, 0.2) is 0 Å². The maximum absolute atomic E-state index is 13.2. The summed E-state index contributed by atoms with van der Waals surface area (Å²) in [5.41, 5.74) is -0.455. The Bertz CT molecular complexity index is 516. The maximum atomic E-state index is 13.2. The topological polar surface area (TPSA) is 84.3 Å². The number of hydrogen-bond acceptors (Lipinski definition) is 4. The van der Waals surface area contributed by atoms with Gasteiger partial charge in [-0.3, -0.25) is 14.9 Å². The summed E-state index contributed by atoms with van der Waals surface area (Å²) in [6.07, 6.45) is 3.01. The van der Waals surface area contributed by atoms with Crippen LogP contribution in [0.15, 0.2) is 18.2 Å². The Labute approximate surface area is 115 Å². The van der Waals surface area contributed by atoms with Crippen LogP contribution in [-0.2, 0) is 0 Å². The van der Waals surface area contributed by atoms with Gasteiger partial charge in [0, 0.05) is 24.2 Å². The molecule has 2 N–H and O–H groups in total. The number of nitrogens with zero attached hydrogens (tertiary/aromatic N) is 1. The molecule has 20 heavy (non-hydrogen) atoms. The van der Waals surface area contributed by atoms with E-state index in [1.807, 2.05) is 0 Å². The van der Waals surface area contributed by atoms with Gasteiger partial charge in [-0.25, -0.2) is 4.39 Å². The summed E-state index contributed by atoms with van der Waals surface area (Å²) in [5.74, 6) is -1.28. The van der Waals surface area contributed by atoms with E-state index >= 15 is 0 Å². The average Bonchev–Trinajstić information content (AvgIpc) is 2.91. The molecule has 0 radical (unpaired) electrons. The Kier molecular flexibility index (Phi) is 4.62. The highest BCUT2D eigenvalue weighted by atomic mass is 19.1. The monoisotopic (exact) mass is 281 g/mol. The molecule has 0 saturated carbocycles. The Morgan fingerprint density at radius 3 is 2.95 bits per heavy atom. The summed E-state index contributed by atoms with van der Waals surface area (Å²) in [4.78, 5) is 21.7. The summed E-state index contributed by atoms with van der Waals surface area (Å²) in [6, 6.07) is 3.26. The molecule has 1 saturated heterocycles. The van der Waals surface area contributed by atoms with E-state index in [-0.39, 0.29) is 5.56 Å². The first kappa shape index (κ1) is 14.4. The van der Waals surface area contributed by atoms with E-state index in [4.69, 9.17) is 0 Å². The van der Waals surface area contributed by atoms with Crippen LogP contribution in [0.3, 0.4) is 0 Å². The van der Waals surface area contributed by atoms with Gasteiger partial charge in [0.25, 0.3) is 11.6 Å². The van der Waals surface area contributed by atoms with Crippen LogP contribution in [0.2, 0.25) is 0 Å². The van der Waals surface area contributed by atoms with Crippen LogP contribution in [0.4, 0.5) is 10.1 Å². The van der Waals surface area contributed by atoms with Crippen molar-refractivity contribution in [1.82, 2.24) is 10.6 Å². The molecule has 1 fully saturated rings. The third kappa shape index (κ3) is 3.74. The van der Waals surface area contributed by atoms with Crippen molar-refractivity contribution >= 4 is 11.6 Å². The molecular formula is C13H16FN3O3. The number of carbonyl (C=O) groups excluding carboxylic acids is 1. The van der Waals surface area contributed by atoms with Gasteiger partial charge >= 0.3 is 0 Å². The maximum Gasteiger partial charge on any atom is 0.273 e.